The zero-order valence-electron chi connectivity index (χ0n) is 14.7. The predicted molar refractivity (Wildman–Crippen MR) is 95.6 cm³/mol. The van der Waals surface area contributed by atoms with Gasteiger partial charge in [-0.05, 0) is 36.6 Å². The fourth-order valence-corrected chi connectivity index (χ4v) is 2.54. The Kier molecular flexibility index (Phi) is 6.17. The largest absolute Gasteiger partial charge is 0.497 e. The lowest BCUT2D eigenvalue weighted by Gasteiger charge is -2.18. The van der Waals surface area contributed by atoms with Crippen molar-refractivity contribution in [1.82, 2.24) is 5.32 Å². The number of carbonyl (C=O) groups is 2. The maximum absolute atomic E-state index is 12.4. The lowest BCUT2D eigenvalue weighted by Crippen LogP contribution is -2.37. The SMILES string of the molecule is COc1ccc(C(NC(=O)C(C)Cc2ccc(C)cc2)C(=O)O)cc1. The Morgan fingerprint density at radius 2 is 1.68 bits per heavy atom. The number of carbonyl (C=O) groups excluding carboxylic acids is 1. The second kappa shape index (κ2) is 8.33. The van der Waals surface area contributed by atoms with Crippen molar-refractivity contribution in [3.8, 4) is 5.75 Å². The number of amides is 1. The molecule has 0 radical (unpaired) electrons. The molecule has 2 N–H and O–H groups in total. The number of nitrogens with one attached hydrogen (secondary N) is 1. The first-order valence-corrected chi connectivity index (χ1v) is 8.13. The summed E-state index contributed by atoms with van der Waals surface area (Å²) in [5, 5.41) is 12.1. The Morgan fingerprint density at radius 1 is 1.08 bits per heavy atom. The molecular weight excluding hydrogens is 318 g/mol. The summed E-state index contributed by atoms with van der Waals surface area (Å²) in [6.07, 6.45) is 0.557. The van der Waals surface area contributed by atoms with Gasteiger partial charge in [-0.3, -0.25) is 4.79 Å². The molecule has 0 aromatic heterocycles. The van der Waals surface area contributed by atoms with Crippen LogP contribution >= 0.6 is 0 Å². The van der Waals surface area contributed by atoms with Gasteiger partial charge in [0.1, 0.15) is 5.75 Å². The zero-order valence-corrected chi connectivity index (χ0v) is 14.7. The molecule has 0 aliphatic heterocycles. The quantitative estimate of drug-likeness (QED) is 0.811. The number of hydrogen-bond donors (Lipinski definition) is 2. The number of carboxylic acids is 1. The maximum atomic E-state index is 12.4. The molecule has 2 aromatic carbocycles. The average molecular weight is 341 g/mol. The molecule has 0 heterocycles. The molecule has 5 nitrogen and oxygen atoms in total. The summed E-state index contributed by atoms with van der Waals surface area (Å²) in [5.41, 5.74) is 2.71. The number of aryl methyl sites for hydroxylation is 1. The third kappa shape index (κ3) is 5.08. The summed E-state index contributed by atoms with van der Waals surface area (Å²) in [7, 11) is 1.54. The van der Waals surface area contributed by atoms with Crippen LogP contribution in [0, 0.1) is 12.8 Å². The van der Waals surface area contributed by atoms with E-state index in [1.165, 1.54) is 7.11 Å². The summed E-state index contributed by atoms with van der Waals surface area (Å²) in [6.45, 7) is 3.80. The van der Waals surface area contributed by atoms with Crippen LogP contribution in [0.15, 0.2) is 48.5 Å². The summed E-state index contributed by atoms with van der Waals surface area (Å²) in [6, 6.07) is 13.5. The van der Waals surface area contributed by atoms with Crippen molar-refractivity contribution in [2.45, 2.75) is 26.3 Å². The highest BCUT2D eigenvalue weighted by molar-refractivity contribution is 5.85. The molecule has 0 spiro atoms. The van der Waals surface area contributed by atoms with E-state index in [2.05, 4.69) is 5.32 Å². The van der Waals surface area contributed by atoms with Gasteiger partial charge in [0.15, 0.2) is 6.04 Å². The highest BCUT2D eigenvalue weighted by atomic mass is 16.5. The summed E-state index contributed by atoms with van der Waals surface area (Å²) >= 11 is 0. The second-order valence-electron chi connectivity index (χ2n) is 6.14. The van der Waals surface area contributed by atoms with E-state index < -0.39 is 12.0 Å². The molecule has 0 aliphatic rings. The fraction of sp³-hybridized carbons (Fsp3) is 0.300. The Balaban J connectivity index is 2.05. The summed E-state index contributed by atoms with van der Waals surface area (Å²) < 4.78 is 5.07. The number of hydrogen-bond acceptors (Lipinski definition) is 3. The molecule has 2 aromatic rings. The molecule has 0 saturated heterocycles. The number of rotatable bonds is 7. The van der Waals surface area contributed by atoms with E-state index in [0.717, 1.165) is 11.1 Å². The van der Waals surface area contributed by atoms with Gasteiger partial charge in [-0.1, -0.05) is 48.9 Å². The zero-order chi connectivity index (χ0) is 18.4. The minimum absolute atomic E-state index is 0.288. The smallest absolute Gasteiger partial charge is 0.330 e. The van der Waals surface area contributed by atoms with Gasteiger partial charge in [-0.25, -0.2) is 4.79 Å². The lowest BCUT2D eigenvalue weighted by molar-refractivity contribution is -0.142. The van der Waals surface area contributed by atoms with E-state index in [0.29, 0.717) is 17.7 Å². The molecule has 0 fully saturated rings. The topological polar surface area (TPSA) is 75.6 Å². The number of methoxy groups -OCH3 is 1. The minimum Gasteiger partial charge on any atom is -0.497 e. The van der Waals surface area contributed by atoms with E-state index >= 15 is 0 Å². The van der Waals surface area contributed by atoms with Gasteiger partial charge in [0.25, 0.3) is 0 Å². The monoisotopic (exact) mass is 341 g/mol. The summed E-state index contributed by atoms with van der Waals surface area (Å²) in [4.78, 5) is 24.0. The third-order valence-corrected chi connectivity index (χ3v) is 4.09. The molecule has 0 bridgehead atoms. The van der Waals surface area contributed by atoms with Crippen LogP contribution < -0.4 is 10.1 Å². The predicted octanol–water partition coefficient (Wildman–Crippen LogP) is 3.12. The van der Waals surface area contributed by atoms with Gasteiger partial charge in [0.2, 0.25) is 5.91 Å². The highest BCUT2D eigenvalue weighted by Gasteiger charge is 2.24. The van der Waals surface area contributed by atoms with Crippen molar-refractivity contribution in [2.75, 3.05) is 7.11 Å². The van der Waals surface area contributed by atoms with Gasteiger partial charge in [-0.2, -0.15) is 0 Å². The van der Waals surface area contributed by atoms with E-state index in [1.807, 2.05) is 31.2 Å². The maximum Gasteiger partial charge on any atom is 0.330 e. The molecule has 25 heavy (non-hydrogen) atoms. The first-order valence-electron chi connectivity index (χ1n) is 8.13. The first-order chi connectivity index (χ1) is 11.9. The van der Waals surface area contributed by atoms with Crippen LogP contribution in [0.25, 0.3) is 0 Å². The Morgan fingerprint density at radius 3 is 2.20 bits per heavy atom. The first kappa shape index (κ1) is 18.5. The van der Waals surface area contributed by atoms with Gasteiger partial charge >= 0.3 is 5.97 Å². The van der Waals surface area contributed by atoms with Crippen molar-refractivity contribution in [3.05, 3.63) is 65.2 Å². The van der Waals surface area contributed by atoms with Crippen molar-refractivity contribution >= 4 is 11.9 Å². The van der Waals surface area contributed by atoms with Gasteiger partial charge in [0.05, 0.1) is 7.11 Å². The number of benzene rings is 2. The molecule has 0 saturated carbocycles. The van der Waals surface area contributed by atoms with E-state index in [1.54, 1.807) is 31.2 Å². The minimum atomic E-state index is -1.10. The molecule has 0 aliphatic carbocycles. The van der Waals surface area contributed by atoms with Crippen LogP contribution in [0.1, 0.15) is 29.7 Å². The highest BCUT2D eigenvalue weighted by Crippen LogP contribution is 2.19. The van der Waals surface area contributed by atoms with E-state index in [4.69, 9.17) is 4.74 Å². The van der Waals surface area contributed by atoms with Crippen molar-refractivity contribution in [1.29, 1.82) is 0 Å². The lowest BCUT2D eigenvalue weighted by atomic mass is 9.98. The Labute approximate surface area is 147 Å². The van der Waals surface area contributed by atoms with Crippen LogP contribution in [0.2, 0.25) is 0 Å². The van der Waals surface area contributed by atoms with Crippen molar-refractivity contribution in [2.24, 2.45) is 5.92 Å². The van der Waals surface area contributed by atoms with Crippen LogP contribution in [0.5, 0.6) is 5.75 Å². The van der Waals surface area contributed by atoms with E-state index in [9.17, 15) is 14.7 Å². The second-order valence-corrected chi connectivity index (χ2v) is 6.14. The fourth-order valence-electron chi connectivity index (χ4n) is 2.54. The average Bonchev–Trinajstić information content (AvgIpc) is 2.61. The van der Waals surface area contributed by atoms with Gasteiger partial charge in [-0.15, -0.1) is 0 Å². The molecule has 5 heteroatoms. The molecule has 2 rings (SSSR count). The Hall–Kier alpha value is -2.82. The van der Waals surface area contributed by atoms with Crippen LogP contribution in [0.3, 0.4) is 0 Å². The molecular formula is C20H23NO4. The molecule has 132 valence electrons. The number of carboxylic acid groups (broad SMARTS) is 1. The standard InChI is InChI=1S/C20H23NO4/c1-13-4-6-15(7-5-13)12-14(2)19(22)21-18(20(23)24)16-8-10-17(25-3)11-9-16/h4-11,14,18H,12H2,1-3H3,(H,21,22)(H,23,24). The normalized spacial score (nSPS) is 12.9. The van der Waals surface area contributed by atoms with Crippen molar-refractivity contribution < 1.29 is 19.4 Å². The molecule has 1 amide bonds. The van der Waals surface area contributed by atoms with E-state index in [-0.39, 0.29) is 11.8 Å². The van der Waals surface area contributed by atoms with Crippen molar-refractivity contribution in [3.63, 3.8) is 0 Å². The molecule has 2 unspecified atom stereocenters. The van der Waals surface area contributed by atoms with Gasteiger partial charge in [0, 0.05) is 5.92 Å². The van der Waals surface area contributed by atoms with Crippen LogP contribution in [-0.4, -0.2) is 24.1 Å². The number of ether oxygens (including phenoxy) is 1. The Bertz CT molecular complexity index is 722. The number of aliphatic carboxylic acids is 1. The van der Waals surface area contributed by atoms with Crippen LogP contribution in [0.4, 0.5) is 0 Å². The van der Waals surface area contributed by atoms with Crippen LogP contribution in [-0.2, 0) is 16.0 Å². The third-order valence-electron chi connectivity index (χ3n) is 4.09. The molecule has 2 atom stereocenters. The van der Waals surface area contributed by atoms with Gasteiger partial charge < -0.3 is 15.2 Å². The summed E-state index contributed by atoms with van der Waals surface area (Å²) in [5.74, 6) is -1.08.